The SMILES string of the molecule is CCCNC1COCC1C(=O)Nc1ccc(F)c(C#N)c1. The summed E-state index contributed by atoms with van der Waals surface area (Å²) in [4.78, 5) is 12.3. The number of ether oxygens (including phenoxy) is 1. The lowest BCUT2D eigenvalue weighted by Crippen LogP contribution is -2.41. The number of anilines is 1. The van der Waals surface area contributed by atoms with Gasteiger partial charge in [0.15, 0.2) is 0 Å². The molecule has 0 bridgehead atoms. The molecule has 1 aromatic carbocycles. The first-order chi connectivity index (χ1) is 10.2. The molecule has 1 fully saturated rings. The molecule has 6 heteroatoms. The molecule has 2 unspecified atom stereocenters. The Hall–Kier alpha value is -1.97. The molecule has 0 spiro atoms. The van der Waals surface area contributed by atoms with Crippen molar-refractivity contribution in [1.82, 2.24) is 5.32 Å². The quantitative estimate of drug-likeness (QED) is 0.865. The van der Waals surface area contributed by atoms with Crippen molar-refractivity contribution in [2.75, 3.05) is 25.1 Å². The molecule has 1 saturated heterocycles. The summed E-state index contributed by atoms with van der Waals surface area (Å²) < 4.78 is 18.6. The van der Waals surface area contributed by atoms with E-state index in [4.69, 9.17) is 10.00 Å². The predicted octanol–water partition coefficient (Wildman–Crippen LogP) is 1.65. The van der Waals surface area contributed by atoms with Crippen molar-refractivity contribution in [3.05, 3.63) is 29.6 Å². The van der Waals surface area contributed by atoms with Crippen molar-refractivity contribution >= 4 is 11.6 Å². The third kappa shape index (κ3) is 3.78. The van der Waals surface area contributed by atoms with E-state index in [2.05, 4.69) is 17.6 Å². The molecule has 2 N–H and O–H groups in total. The zero-order valence-corrected chi connectivity index (χ0v) is 11.9. The maximum Gasteiger partial charge on any atom is 0.231 e. The minimum atomic E-state index is -0.595. The van der Waals surface area contributed by atoms with Gasteiger partial charge in [0.1, 0.15) is 11.9 Å². The highest BCUT2D eigenvalue weighted by molar-refractivity contribution is 5.93. The summed E-state index contributed by atoms with van der Waals surface area (Å²) in [6.07, 6.45) is 0.980. The molecule has 0 radical (unpaired) electrons. The predicted molar refractivity (Wildman–Crippen MR) is 76.1 cm³/mol. The monoisotopic (exact) mass is 291 g/mol. The molecule has 1 aliphatic heterocycles. The zero-order chi connectivity index (χ0) is 15.2. The largest absolute Gasteiger partial charge is 0.379 e. The van der Waals surface area contributed by atoms with E-state index in [1.54, 1.807) is 6.07 Å². The third-order valence-electron chi connectivity index (χ3n) is 3.43. The van der Waals surface area contributed by atoms with Gasteiger partial charge in [-0.25, -0.2) is 4.39 Å². The number of carbonyl (C=O) groups is 1. The number of carbonyl (C=O) groups excluding carboxylic acids is 1. The van der Waals surface area contributed by atoms with Crippen LogP contribution in [-0.4, -0.2) is 31.7 Å². The van der Waals surface area contributed by atoms with Crippen molar-refractivity contribution in [2.24, 2.45) is 5.92 Å². The van der Waals surface area contributed by atoms with Gasteiger partial charge in [-0.2, -0.15) is 5.26 Å². The summed E-state index contributed by atoms with van der Waals surface area (Å²) in [6, 6.07) is 5.69. The summed E-state index contributed by atoms with van der Waals surface area (Å²) in [5.74, 6) is -1.06. The summed E-state index contributed by atoms with van der Waals surface area (Å²) in [7, 11) is 0. The summed E-state index contributed by atoms with van der Waals surface area (Å²) in [5, 5.41) is 14.8. The average molecular weight is 291 g/mol. The molecule has 1 heterocycles. The first-order valence-electron chi connectivity index (χ1n) is 6.97. The lowest BCUT2D eigenvalue weighted by atomic mass is 10.0. The van der Waals surface area contributed by atoms with Crippen LogP contribution in [0, 0.1) is 23.1 Å². The van der Waals surface area contributed by atoms with Gasteiger partial charge in [0, 0.05) is 11.7 Å². The standard InChI is InChI=1S/C15H18FN3O2/c1-2-5-18-14-9-21-8-12(14)15(20)19-11-3-4-13(16)10(6-11)7-17/h3-4,6,12,14,18H,2,5,8-9H2,1H3,(H,19,20). The van der Waals surface area contributed by atoms with Gasteiger partial charge < -0.3 is 15.4 Å². The summed E-state index contributed by atoms with van der Waals surface area (Å²) >= 11 is 0. The Morgan fingerprint density at radius 3 is 3.05 bits per heavy atom. The van der Waals surface area contributed by atoms with E-state index >= 15 is 0 Å². The number of nitriles is 1. The second kappa shape index (κ2) is 7.16. The van der Waals surface area contributed by atoms with Crippen molar-refractivity contribution in [3.8, 4) is 6.07 Å². The number of halogens is 1. The number of hydrogen-bond acceptors (Lipinski definition) is 4. The molecule has 0 aliphatic carbocycles. The third-order valence-corrected chi connectivity index (χ3v) is 3.43. The number of rotatable bonds is 5. The Balaban J connectivity index is 2.02. The van der Waals surface area contributed by atoms with Gasteiger partial charge in [-0.15, -0.1) is 0 Å². The van der Waals surface area contributed by atoms with E-state index in [1.807, 2.05) is 0 Å². The van der Waals surface area contributed by atoms with Crippen molar-refractivity contribution in [1.29, 1.82) is 5.26 Å². The summed E-state index contributed by atoms with van der Waals surface area (Å²) in [6.45, 7) is 3.75. The van der Waals surface area contributed by atoms with Gasteiger partial charge >= 0.3 is 0 Å². The van der Waals surface area contributed by atoms with Crippen molar-refractivity contribution < 1.29 is 13.9 Å². The molecular formula is C15H18FN3O2. The number of benzene rings is 1. The molecule has 21 heavy (non-hydrogen) atoms. The van der Waals surface area contributed by atoms with Gasteiger partial charge in [0.2, 0.25) is 5.91 Å². The van der Waals surface area contributed by atoms with Gasteiger partial charge in [0.25, 0.3) is 0 Å². The smallest absolute Gasteiger partial charge is 0.231 e. The Morgan fingerprint density at radius 2 is 2.33 bits per heavy atom. The maximum absolute atomic E-state index is 13.2. The Morgan fingerprint density at radius 1 is 1.52 bits per heavy atom. The van der Waals surface area contributed by atoms with Crippen LogP contribution in [0.1, 0.15) is 18.9 Å². The molecule has 112 valence electrons. The first-order valence-corrected chi connectivity index (χ1v) is 6.97. The topological polar surface area (TPSA) is 74.2 Å². The van der Waals surface area contributed by atoms with E-state index in [9.17, 15) is 9.18 Å². The number of nitrogens with one attached hydrogen (secondary N) is 2. The maximum atomic E-state index is 13.2. The highest BCUT2D eigenvalue weighted by Gasteiger charge is 2.33. The zero-order valence-electron chi connectivity index (χ0n) is 11.9. The molecule has 2 atom stereocenters. The normalized spacial score (nSPS) is 21.0. The highest BCUT2D eigenvalue weighted by Crippen LogP contribution is 2.19. The Kier molecular flexibility index (Phi) is 5.26. The second-order valence-electron chi connectivity index (χ2n) is 5.00. The second-order valence-corrected chi connectivity index (χ2v) is 5.00. The van der Waals surface area contributed by atoms with Crippen LogP contribution in [0.5, 0.6) is 0 Å². The molecular weight excluding hydrogens is 273 g/mol. The van der Waals surface area contributed by atoms with E-state index in [1.165, 1.54) is 18.2 Å². The van der Waals surface area contributed by atoms with Crippen LogP contribution in [0.25, 0.3) is 0 Å². The number of hydrogen-bond donors (Lipinski definition) is 2. The van der Waals surface area contributed by atoms with E-state index in [0.717, 1.165) is 13.0 Å². The van der Waals surface area contributed by atoms with Gasteiger partial charge in [-0.3, -0.25) is 4.79 Å². The minimum absolute atomic E-state index is 0.0131. The minimum Gasteiger partial charge on any atom is -0.379 e. The summed E-state index contributed by atoms with van der Waals surface area (Å²) in [5.41, 5.74) is 0.329. The Bertz CT molecular complexity index is 556. The van der Waals surface area contributed by atoms with Crippen LogP contribution in [0.15, 0.2) is 18.2 Å². The molecule has 2 rings (SSSR count). The van der Waals surface area contributed by atoms with Gasteiger partial charge in [-0.05, 0) is 31.2 Å². The lowest BCUT2D eigenvalue weighted by Gasteiger charge is -2.18. The molecule has 1 aromatic rings. The lowest BCUT2D eigenvalue weighted by molar-refractivity contribution is -0.120. The first kappa shape index (κ1) is 15.4. The average Bonchev–Trinajstić information content (AvgIpc) is 2.95. The molecule has 5 nitrogen and oxygen atoms in total. The van der Waals surface area contributed by atoms with Gasteiger partial charge in [-0.1, -0.05) is 6.92 Å². The fraction of sp³-hybridized carbons (Fsp3) is 0.467. The fourth-order valence-electron chi connectivity index (χ4n) is 2.27. The number of nitrogens with zero attached hydrogens (tertiary/aromatic N) is 1. The van der Waals surface area contributed by atoms with Crippen LogP contribution in [0.4, 0.5) is 10.1 Å². The fourth-order valence-corrected chi connectivity index (χ4v) is 2.27. The highest BCUT2D eigenvalue weighted by atomic mass is 19.1. The molecule has 0 aromatic heterocycles. The van der Waals surface area contributed by atoms with Gasteiger partial charge in [0.05, 0.1) is 24.7 Å². The van der Waals surface area contributed by atoms with Crippen molar-refractivity contribution in [3.63, 3.8) is 0 Å². The van der Waals surface area contributed by atoms with E-state index < -0.39 is 5.82 Å². The van der Waals surface area contributed by atoms with Crippen LogP contribution in [0.2, 0.25) is 0 Å². The number of amides is 1. The molecule has 1 aliphatic rings. The van der Waals surface area contributed by atoms with Crippen LogP contribution in [0.3, 0.4) is 0 Å². The van der Waals surface area contributed by atoms with E-state index in [-0.39, 0.29) is 23.4 Å². The van der Waals surface area contributed by atoms with Crippen LogP contribution >= 0.6 is 0 Å². The van der Waals surface area contributed by atoms with Crippen molar-refractivity contribution in [2.45, 2.75) is 19.4 Å². The Labute approximate surface area is 123 Å². The molecule has 1 amide bonds. The molecule has 0 saturated carbocycles. The van der Waals surface area contributed by atoms with E-state index in [0.29, 0.717) is 18.9 Å². The van der Waals surface area contributed by atoms with Crippen LogP contribution < -0.4 is 10.6 Å². The van der Waals surface area contributed by atoms with Crippen LogP contribution in [-0.2, 0) is 9.53 Å².